The van der Waals surface area contributed by atoms with Crippen LogP contribution in [-0.4, -0.2) is 32.0 Å². The van der Waals surface area contributed by atoms with Gasteiger partial charge in [0, 0.05) is 19.5 Å². The number of aryl methyl sites for hydroxylation is 1. The van der Waals surface area contributed by atoms with E-state index in [0.717, 1.165) is 11.3 Å². The molecule has 0 radical (unpaired) electrons. The van der Waals surface area contributed by atoms with Gasteiger partial charge in [-0.25, -0.2) is 0 Å². The number of nitrogens with one attached hydrogen (secondary N) is 2. The van der Waals surface area contributed by atoms with Gasteiger partial charge in [-0.2, -0.15) is 0 Å². The van der Waals surface area contributed by atoms with E-state index >= 15 is 0 Å². The zero-order valence-electron chi connectivity index (χ0n) is 14.7. The Bertz CT molecular complexity index is 737. The number of rotatable bonds is 8. The summed E-state index contributed by atoms with van der Waals surface area (Å²) >= 11 is 0. The molecule has 0 aromatic heterocycles. The molecule has 0 spiro atoms. The average molecular weight is 378 g/mol. The quantitative estimate of drug-likeness (QED) is 0.658. The van der Waals surface area contributed by atoms with Crippen molar-refractivity contribution in [3.63, 3.8) is 0 Å². The molecule has 2 amide bonds. The number of methoxy groups -OCH3 is 1. The molecule has 2 aromatic carbocycles. The number of carbonyl (C=O) groups is 2. The number of halogens is 1. The molecule has 7 heteroatoms. The van der Waals surface area contributed by atoms with Crippen LogP contribution in [-0.2, 0) is 11.2 Å². The van der Waals surface area contributed by atoms with Gasteiger partial charge in [-0.3, -0.25) is 9.59 Å². The van der Waals surface area contributed by atoms with E-state index < -0.39 is 0 Å². The molecule has 0 aliphatic heterocycles. The third-order valence-electron chi connectivity index (χ3n) is 3.65. The minimum absolute atomic E-state index is 0. The molecule has 0 atom stereocenters. The second-order valence-corrected chi connectivity index (χ2v) is 5.49. The summed E-state index contributed by atoms with van der Waals surface area (Å²) in [6.07, 6.45) is 0.899. The molecule has 0 saturated heterocycles. The molecule has 2 rings (SSSR count). The number of carbonyl (C=O) groups excluding carboxylic acids is 2. The van der Waals surface area contributed by atoms with E-state index in [-0.39, 0.29) is 24.2 Å². The second kappa shape index (κ2) is 11.1. The number of hydrogen-bond donors (Lipinski definition) is 3. The SMILES string of the molecule is COc1cccc(CCC(=O)Nc2ccccc2C(=O)NCCN)c1.Cl. The van der Waals surface area contributed by atoms with E-state index in [9.17, 15) is 9.59 Å². The Morgan fingerprint density at radius 1 is 1.12 bits per heavy atom. The van der Waals surface area contributed by atoms with Gasteiger partial charge in [0.2, 0.25) is 5.91 Å². The molecule has 0 bridgehead atoms. The Morgan fingerprint density at radius 2 is 1.88 bits per heavy atom. The van der Waals surface area contributed by atoms with Crippen molar-refractivity contribution >= 4 is 29.9 Å². The van der Waals surface area contributed by atoms with E-state index in [1.165, 1.54) is 0 Å². The highest BCUT2D eigenvalue weighted by molar-refractivity contribution is 6.03. The lowest BCUT2D eigenvalue weighted by Crippen LogP contribution is -2.30. The van der Waals surface area contributed by atoms with Crippen molar-refractivity contribution in [2.75, 3.05) is 25.5 Å². The lowest BCUT2D eigenvalue weighted by molar-refractivity contribution is -0.116. The van der Waals surface area contributed by atoms with E-state index in [1.807, 2.05) is 24.3 Å². The zero-order valence-corrected chi connectivity index (χ0v) is 15.5. The summed E-state index contributed by atoms with van der Waals surface area (Å²) < 4.78 is 5.18. The number of ether oxygens (including phenoxy) is 1. The van der Waals surface area contributed by atoms with Crippen molar-refractivity contribution in [2.45, 2.75) is 12.8 Å². The maximum Gasteiger partial charge on any atom is 0.253 e. The number of benzene rings is 2. The molecule has 0 fully saturated rings. The predicted octanol–water partition coefficient (Wildman–Crippen LogP) is 2.38. The Morgan fingerprint density at radius 3 is 2.62 bits per heavy atom. The molecule has 2 aromatic rings. The normalized spacial score (nSPS) is 9.77. The summed E-state index contributed by atoms with van der Waals surface area (Å²) in [6, 6.07) is 14.5. The summed E-state index contributed by atoms with van der Waals surface area (Å²) in [5, 5.41) is 5.51. The van der Waals surface area contributed by atoms with Gasteiger partial charge in [-0.05, 0) is 36.2 Å². The minimum atomic E-state index is -0.255. The Labute approximate surface area is 159 Å². The molecule has 6 nitrogen and oxygen atoms in total. The highest BCUT2D eigenvalue weighted by atomic mass is 35.5. The first-order valence-electron chi connectivity index (χ1n) is 8.14. The standard InChI is InChI=1S/C19H23N3O3.ClH/c1-25-15-6-4-5-14(13-15)9-10-18(23)22-17-8-3-2-7-16(17)19(24)21-12-11-20;/h2-8,13H,9-12,20H2,1H3,(H,21,24)(H,22,23);1H. The van der Waals surface area contributed by atoms with Crippen LogP contribution in [0.15, 0.2) is 48.5 Å². The minimum Gasteiger partial charge on any atom is -0.497 e. The predicted molar refractivity (Wildman–Crippen MR) is 105 cm³/mol. The van der Waals surface area contributed by atoms with Gasteiger partial charge in [0.05, 0.1) is 18.4 Å². The third-order valence-corrected chi connectivity index (χ3v) is 3.65. The van der Waals surface area contributed by atoms with Gasteiger partial charge < -0.3 is 21.1 Å². The van der Waals surface area contributed by atoms with Gasteiger partial charge in [-0.15, -0.1) is 12.4 Å². The van der Waals surface area contributed by atoms with Crippen molar-refractivity contribution < 1.29 is 14.3 Å². The summed E-state index contributed by atoms with van der Waals surface area (Å²) in [4.78, 5) is 24.4. The third kappa shape index (κ3) is 6.38. The van der Waals surface area contributed by atoms with Crippen LogP contribution in [0.5, 0.6) is 5.75 Å². The van der Waals surface area contributed by atoms with Crippen molar-refractivity contribution in [1.82, 2.24) is 5.32 Å². The molecule has 0 saturated carbocycles. The van der Waals surface area contributed by atoms with Gasteiger partial charge in [0.1, 0.15) is 5.75 Å². The first-order valence-corrected chi connectivity index (χ1v) is 8.14. The van der Waals surface area contributed by atoms with Crippen LogP contribution >= 0.6 is 12.4 Å². The maximum absolute atomic E-state index is 12.2. The van der Waals surface area contributed by atoms with E-state index in [0.29, 0.717) is 37.2 Å². The van der Waals surface area contributed by atoms with Crippen LogP contribution in [0, 0.1) is 0 Å². The topological polar surface area (TPSA) is 93.4 Å². The lowest BCUT2D eigenvalue weighted by Gasteiger charge is -2.11. The number of hydrogen-bond acceptors (Lipinski definition) is 4. The first-order chi connectivity index (χ1) is 12.1. The van der Waals surface area contributed by atoms with Crippen LogP contribution in [0.25, 0.3) is 0 Å². The van der Waals surface area contributed by atoms with Gasteiger partial charge in [0.15, 0.2) is 0 Å². The summed E-state index contributed by atoms with van der Waals surface area (Å²) in [7, 11) is 1.61. The van der Waals surface area contributed by atoms with E-state index in [4.69, 9.17) is 10.5 Å². The molecule has 0 unspecified atom stereocenters. The van der Waals surface area contributed by atoms with E-state index in [1.54, 1.807) is 31.4 Å². The maximum atomic E-state index is 12.2. The Kier molecular flexibility index (Phi) is 9.19. The Hall–Kier alpha value is -2.57. The number of para-hydroxylation sites is 1. The van der Waals surface area contributed by atoms with E-state index in [2.05, 4.69) is 10.6 Å². The smallest absolute Gasteiger partial charge is 0.253 e. The fourth-order valence-corrected chi connectivity index (χ4v) is 2.37. The number of anilines is 1. The lowest BCUT2D eigenvalue weighted by atomic mass is 10.1. The van der Waals surface area contributed by atoms with Gasteiger partial charge in [0.25, 0.3) is 5.91 Å². The summed E-state index contributed by atoms with van der Waals surface area (Å²) in [6.45, 7) is 0.748. The molecular weight excluding hydrogens is 354 g/mol. The molecule has 140 valence electrons. The fraction of sp³-hybridized carbons (Fsp3) is 0.263. The van der Waals surface area contributed by atoms with Crippen LogP contribution in [0.3, 0.4) is 0 Å². The Balaban J connectivity index is 0.00000338. The zero-order chi connectivity index (χ0) is 18.1. The average Bonchev–Trinajstić information content (AvgIpc) is 2.65. The van der Waals surface area contributed by atoms with Crippen LogP contribution in [0.1, 0.15) is 22.3 Å². The molecule has 0 aliphatic carbocycles. The van der Waals surface area contributed by atoms with Gasteiger partial charge >= 0.3 is 0 Å². The molecule has 0 aliphatic rings. The van der Waals surface area contributed by atoms with Crippen LogP contribution in [0.2, 0.25) is 0 Å². The van der Waals surface area contributed by atoms with Crippen molar-refractivity contribution in [1.29, 1.82) is 0 Å². The van der Waals surface area contributed by atoms with Crippen molar-refractivity contribution in [3.05, 3.63) is 59.7 Å². The second-order valence-electron chi connectivity index (χ2n) is 5.49. The highest BCUT2D eigenvalue weighted by Crippen LogP contribution is 2.17. The molecule has 0 heterocycles. The molecule has 4 N–H and O–H groups in total. The highest BCUT2D eigenvalue weighted by Gasteiger charge is 2.12. The monoisotopic (exact) mass is 377 g/mol. The van der Waals surface area contributed by atoms with Gasteiger partial charge in [-0.1, -0.05) is 24.3 Å². The summed E-state index contributed by atoms with van der Waals surface area (Å²) in [5.74, 6) is 0.357. The molecule has 26 heavy (non-hydrogen) atoms. The van der Waals surface area contributed by atoms with Crippen LogP contribution in [0.4, 0.5) is 5.69 Å². The largest absolute Gasteiger partial charge is 0.497 e. The van der Waals surface area contributed by atoms with Crippen LogP contribution < -0.4 is 21.1 Å². The number of amides is 2. The van der Waals surface area contributed by atoms with Crippen molar-refractivity contribution in [3.8, 4) is 5.75 Å². The summed E-state index contributed by atoms with van der Waals surface area (Å²) in [5.41, 5.74) is 7.33. The number of nitrogens with two attached hydrogens (primary N) is 1. The molecular formula is C19H24ClN3O3. The fourth-order valence-electron chi connectivity index (χ4n) is 2.37. The van der Waals surface area contributed by atoms with Crippen molar-refractivity contribution in [2.24, 2.45) is 5.73 Å². The first kappa shape index (κ1) is 21.5.